The lowest BCUT2D eigenvalue weighted by molar-refractivity contribution is 0.0416. The maximum absolute atomic E-state index is 12.1. The predicted molar refractivity (Wildman–Crippen MR) is 89.0 cm³/mol. The van der Waals surface area contributed by atoms with Crippen LogP contribution in [0, 0.1) is 5.92 Å². The lowest BCUT2D eigenvalue weighted by Crippen LogP contribution is -2.48. The van der Waals surface area contributed by atoms with Gasteiger partial charge in [-0.3, -0.25) is 0 Å². The molecule has 128 valence electrons. The van der Waals surface area contributed by atoms with Crippen molar-refractivity contribution in [3.05, 3.63) is 0 Å². The van der Waals surface area contributed by atoms with Crippen LogP contribution < -0.4 is 10.6 Å². The largest absolute Gasteiger partial charge is 0.381 e. The Morgan fingerprint density at radius 2 is 1.91 bits per heavy atom. The maximum Gasteiger partial charge on any atom is 0.315 e. The third-order valence-electron chi connectivity index (χ3n) is 5.33. The second-order valence-electron chi connectivity index (χ2n) is 6.74. The second kappa shape index (κ2) is 9.36. The molecule has 0 aromatic heterocycles. The summed E-state index contributed by atoms with van der Waals surface area (Å²) in [6.45, 7) is 6.04. The molecule has 2 N–H and O–H groups in total. The van der Waals surface area contributed by atoms with Crippen molar-refractivity contribution in [1.29, 1.82) is 0 Å². The molecule has 1 aliphatic heterocycles. The summed E-state index contributed by atoms with van der Waals surface area (Å²) in [4.78, 5) is 14.5. The van der Waals surface area contributed by atoms with Gasteiger partial charge in [0.25, 0.3) is 0 Å². The van der Waals surface area contributed by atoms with Crippen LogP contribution in [0.5, 0.6) is 0 Å². The summed E-state index contributed by atoms with van der Waals surface area (Å²) in [5.74, 6) is 0.660. The van der Waals surface area contributed by atoms with Crippen molar-refractivity contribution in [1.82, 2.24) is 15.5 Å². The molecule has 0 bridgehead atoms. The quantitative estimate of drug-likeness (QED) is 0.792. The minimum Gasteiger partial charge on any atom is -0.381 e. The molecule has 1 aliphatic carbocycles. The fourth-order valence-corrected chi connectivity index (χ4v) is 3.80. The molecule has 1 saturated heterocycles. The van der Waals surface area contributed by atoms with Gasteiger partial charge in [0.1, 0.15) is 0 Å². The minimum atomic E-state index is 0.0112. The molecule has 2 aliphatic rings. The molecule has 22 heavy (non-hydrogen) atoms. The van der Waals surface area contributed by atoms with E-state index in [1.807, 2.05) is 0 Å². The van der Waals surface area contributed by atoms with Crippen LogP contribution in [0.2, 0.25) is 0 Å². The van der Waals surface area contributed by atoms with Gasteiger partial charge in [0.2, 0.25) is 0 Å². The van der Waals surface area contributed by atoms with Crippen LogP contribution in [0.15, 0.2) is 0 Å². The number of amides is 2. The van der Waals surface area contributed by atoms with Crippen LogP contribution in [-0.4, -0.2) is 56.4 Å². The van der Waals surface area contributed by atoms with Gasteiger partial charge >= 0.3 is 6.03 Å². The van der Waals surface area contributed by atoms with Gasteiger partial charge in [-0.1, -0.05) is 26.2 Å². The summed E-state index contributed by atoms with van der Waals surface area (Å²) >= 11 is 0. The summed E-state index contributed by atoms with van der Waals surface area (Å²) in [5.41, 5.74) is 0. The van der Waals surface area contributed by atoms with Crippen molar-refractivity contribution in [3.8, 4) is 0 Å². The first-order valence-corrected chi connectivity index (χ1v) is 9.02. The number of carbonyl (C=O) groups is 1. The molecule has 1 heterocycles. The highest BCUT2D eigenvalue weighted by Gasteiger charge is 2.25. The van der Waals surface area contributed by atoms with E-state index in [4.69, 9.17) is 4.74 Å². The number of methoxy groups -OCH3 is 1. The van der Waals surface area contributed by atoms with Gasteiger partial charge < -0.3 is 20.3 Å². The van der Waals surface area contributed by atoms with Crippen LogP contribution >= 0.6 is 0 Å². The average Bonchev–Trinajstić information content (AvgIpc) is 2.56. The van der Waals surface area contributed by atoms with E-state index in [0.29, 0.717) is 18.1 Å². The zero-order valence-corrected chi connectivity index (χ0v) is 14.3. The number of hydrogen-bond donors (Lipinski definition) is 2. The van der Waals surface area contributed by atoms with E-state index in [1.54, 1.807) is 7.11 Å². The SMILES string of the molecule is CC[C@@H]1CCCC[C@@H]1NC(=O)NCCN1CCC(OC)CC1. The Morgan fingerprint density at radius 1 is 1.18 bits per heavy atom. The molecule has 0 aromatic rings. The molecular weight excluding hydrogens is 278 g/mol. The number of piperidine rings is 1. The Labute approximate surface area is 135 Å². The van der Waals surface area contributed by atoms with Crippen LogP contribution in [0.1, 0.15) is 51.9 Å². The first-order valence-electron chi connectivity index (χ1n) is 9.02. The fourth-order valence-electron chi connectivity index (χ4n) is 3.80. The standard InChI is InChI=1S/C17H33N3O2/c1-3-14-6-4-5-7-16(14)19-17(21)18-10-13-20-11-8-15(22-2)9-12-20/h14-16H,3-13H2,1-2H3,(H2,18,19,21)/t14-,16+/m1/s1. The normalized spacial score (nSPS) is 27.5. The van der Waals surface area contributed by atoms with E-state index in [2.05, 4.69) is 22.5 Å². The Bertz CT molecular complexity index is 330. The highest BCUT2D eigenvalue weighted by atomic mass is 16.5. The van der Waals surface area contributed by atoms with E-state index >= 15 is 0 Å². The zero-order valence-electron chi connectivity index (χ0n) is 14.3. The topological polar surface area (TPSA) is 53.6 Å². The van der Waals surface area contributed by atoms with E-state index in [-0.39, 0.29) is 6.03 Å². The Morgan fingerprint density at radius 3 is 2.59 bits per heavy atom. The van der Waals surface area contributed by atoms with Crippen LogP contribution in [0.25, 0.3) is 0 Å². The molecule has 2 fully saturated rings. The summed E-state index contributed by atoms with van der Waals surface area (Å²) in [5, 5.41) is 6.21. The molecule has 0 radical (unpaired) electrons. The van der Waals surface area contributed by atoms with Crippen molar-refractivity contribution in [2.45, 2.75) is 64.0 Å². The lowest BCUT2D eigenvalue weighted by atomic mass is 9.83. The second-order valence-corrected chi connectivity index (χ2v) is 6.74. The summed E-state index contributed by atoms with van der Waals surface area (Å²) < 4.78 is 5.38. The number of nitrogens with one attached hydrogen (secondary N) is 2. The monoisotopic (exact) mass is 311 g/mol. The van der Waals surface area contributed by atoms with Gasteiger partial charge in [0.15, 0.2) is 0 Å². The van der Waals surface area contributed by atoms with Gasteiger partial charge in [0.05, 0.1) is 6.10 Å². The number of likely N-dealkylation sites (tertiary alicyclic amines) is 1. The van der Waals surface area contributed by atoms with Crippen LogP contribution in [0.4, 0.5) is 4.79 Å². The van der Waals surface area contributed by atoms with Crippen LogP contribution in [-0.2, 0) is 4.74 Å². The number of hydrogen-bond acceptors (Lipinski definition) is 3. The highest BCUT2D eigenvalue weighted by Crippen LogP contribution is 2.26. The van der Waals surface area contributed by atoms with Gasteiger partial charge in [-0.15, -0.1) is 0 Å². The number of ether oxygens (including phenoxy) is 1. The fraction of sp³-hybridized carbons (Fsp3) is 0.941. The number of nitrogens with zero attached hydrogens (tertiary/aromatic N) is 1. The molecule has 2 rings (SSSR count). The van der Waals surface area contributed by atoms with Gasteiger partial charge in [-0.25, -0.2) is 4.79 Å². The van der Waals surface area contributed by atoms with E-state index in [9.17, 15) is 4.79 Å². The number of carbonyl (C=O) groups excluding carboxylic acids is 1. The summed E-state index contributed by atoms with van der Waals surface area (Å²) in [6, 6.07) is 0.383. The van der Waals surface area contributed by atoms with Crippen molar-refractivity contribution >= 4 is 6.03 Å². The Hall–Kier alpha value is -0.810. The number of rotatable bonds is 6. The Kier molecular flexibility index (Phi) is 7.46. The first-order chi connectivity index (χ1) is 10.7. The number of urea groups is 1. The van der Waals surface area contributed by atoms with Crippen molar-refractivity contribution < 1.29 is 9.53 Å². The molecular formula is C17H33N3O2. The molecule has 1 saturated carbocycles. The van der Waals surface area contributed by atoms with E-state index in [1.165, 1.54) is 25.7 Å². The molecule has 2 amide bonds. The smallest absolute Gasteiger partial charge is 0.315 e. The molecule has 5 heteroatoms. The van der Waals surface area contributed by atoms with Gasteiger partial charge in [-0.05, 0) is 31.6 Å². The van der Waals surface area contributed by atoms with E-state index < -0.39 is 0 Å². The minimum absolute atomic E-state index is 0.0112. The molecule has 0 unspecified atom stereocenters. The summed E-state index contributed by atoms with van der Waals surface area (Å²) in [7, 11) is 1.79. The highest BCUT2D eigenvalue weighted by molar-refractivity contribution is 5.74. The molecule has 0 spiro atoms. The summed E-state index contributed by atoms with van der Waals surface area (Å²) in [6.07, 6.45) is 8.74. The van der Waals surface area contributed by atoms with Gasteiger partial charge in [-0.2, -0.15) is 0 Å². The van der Waals surface area contributed by atoms with E-state index in [0.717, 1.165) is 45.4 Å². The maximum atomic E-state index is 12.1. The third kappa shape index (κ3) is 5.43. The van der Waals surface area contributed by atoms with Crippen molar-refractivity contribution in [2.75, 3.05) is 33.3 Å². The van der Waals surface area contributed by atoms with Gasteiger partial charge in [0, 0.05) is 39.3 Å². The average molecular weight is 311 g/mol. The third-order valence-corrected chi connectivity index (χ3v) is 5.33. The van der Waals surface area contributed by atoms with Crippen molar-refractivity contribution in [3.63, 3.8) is 0 Å². The lowest BCUT2D eigenvalue weighted by Gasteiger charge is -2.32. The van der Waals surface area contributed by atoms with Crippen molar-refractivity contribution in [2.24, 2.45) is 5.92 Å². The molecule has 5 nitrogen and oxygen atoms in total. The zero-order chi connectivity index (χ0) is 15.8. The first kappa shape index (κ1) is 17.5. The Balaban J connectivity index is 1.59. The van der Waals surface area contributed by atoms with Crippen LogP contribution in [0.3, 0.4) is 0 Å². The predicted octanol–water partition coefficient (Wildman–Crippen LogP) is 2.37. The molecule has 0 aromatic carbocycles. The molecule has 2 atom stereocenters.